The number of aromatic nitrogens is 1. The second-order valence-electron chi connectivity index (χ2n) is 7.24. The summed E-state index contributed by atoms with van der Waals surface area (Å²) in [4.78, 5) is 20.6. The van der Waals surface area contributed by atoms with Crippen LogP contribution in [-0.2, 0) is 4.79 Å². The smallest absolute Gasteiger partial charge is 0.395 e. The Labute approximate surface area is 176 Å². The van der Waals surface area contributed by atoms with Gasteiger partial charge in [-0.05, 0) is 38.0 Å². The van der Waals surface area contributed by atoms with E-state index in [4.69, 9.17) is 10.8 Å². The molecule has 0 bridgehead atoms. The Kier molecular flexibility index (Phi) is 4.85. The summed E-state index contributed by atoms with van der Waals surface area (Å²) in [5.41, 5.74) is 8.26. The van der Waals surface area contributed by atoms with Gasteiger partial charge in [-0.3, -0.25) is 9.78 Å². The number of alkyl halides is 2. The molecule has 162 valence electrons. The molecule has 1 amide bonds. The maximum atomic E-state index is 13.3. The number of quaternary nitrogens is 1. The van der Waals surface area contributed by atoms with Crippen molar-refractivity contribution in [1.29, 1.82) is 0 Å². The largest absolute Gasteiger partial charge is 0.586 e. The number of aryl methyl sites for hydroxylation is 2. The number of benzene rings is 1. The van der Waals surface area contributed by atoms with Crippen molar-refractivity contribution in [3.05, 3.63) is 41.7 Å². The maximum Gasteiger partial charge on any atom is 0.586 e. The molecule has 1 atom stereocenters. The van der Waals surface area contributed by atoms with Crippen molar-refractivity contribution >= 4 is 29.1 Å². The first-order valence-electron chi connectivity index (χ1n) is 9.58. The summed E-state index contributed by atoms with van der Waals surface area (Å²) >= 11 is 0. The van der Waals surface area contributed by atoms with Crippen LogP contribution in [0, 0.1) is 13.8 Å². The van der Waals surface area contributed by atoms with E-state index in [2.05, 4.69) is 24.8 Å². The minimum Gasteiger partial charge on any atom is -0.395 e. The summed E-state index contributed by atoms with van der Waals surface area (Å²) in [5.74, 6) is -0.0700. The second-order valence-corrected chi connectivity index (χ2v) is 7.24. The monoisotopic (exact) mass is 431 g/mol. The van der Waals surface area contributed by atoms with E-state index < -0.39 is 12.2 Å². The number of fused-ring (bicyclic) bond motifs is 1. The van der Waals surface area contributed by atoms with Crippen LogP contribution in [-0.4, -0.2) is 35.5 Å². The van der Waals surface area contributed by atoms with Crippen LogP contribution in [0.1, 0.15) is 24.7 Å². The number of guanidine groups is 1. The van der Waals surface area contributed by atoms with Crippen molar-refractivity contribution in [2.75, 3.05) is 11.9 Å². The quantitative estimate of drug-likeness (QED) is 0.707. The zero-order valence-corrected chi connectivity index (χ0v) is 17.1. The molecule has 0 saturated heterocycles. The van der Waals surface area contributed by atoms with Crippen LogP contribution in [0.15, 0.2) is 40.4 Å². The van der Waals surface area contributed by atoms with Gasteiger partial charge in [0.2, 0.25) is 11.7 Å². The standard InChI is InChI=1S/C20H20F2N6O3/c1-4-28(14-7-11(2)24-12(3)8-14)18(10-17(23)29)26-19(27-28)25-13-5-6-15-16(9-13)31-20(21,22)30-15/h5-9H,4,10H2,1-3H3,(H2-,23,25,27,29)/p+1. The van der Waals surface area contributed by atoms with Crippen molar-refractivity contribution < 1.29 is 23.0 Å². The van der Waals surface area contributed by atoms with E-state index in [1.54, 1.807) is 0 Å². The number of hydrogen-bond acceptors (Lipinski definition) is 7. The third-order valence-corrected chi connectivity index (χ3v) is 4.87. The van der Waals surface area contributed by atoms with E-state index in [0.29, 0.717) is 18.1 Å². The average molecular weight is 431 g/mol. The minimum absolute atomic E-state index is 0.0574. The van der Waals surface area contributed by atoms with E-state index in [1.807, 2.05) is 32.9 Å². The van der Waals surface area contributed by atoms with Crippen molar-refractivity contribution in [3.8, 4) is 11.5 Å². The Morgan fingerprint density at radius 3 is 2.48 bits per heavy atom. The molecular weight excluding hydrogens is 410 g/mol. The molecule has 2 aliphatic rings. The molecule has 31 heavy (non-hydrogen) atoms. The van der Waals surface area contributed by atoms with E-state index in [0.717, 1.165) is 17.1 Å². The molecule has 2 aliphatic heterocycles. The number of nitrogens with zero attached hydrogens (tertiary/aromatic N) is 4. The van der Waals surface area contributed by atoms with Crippen LogP contribution in [0.5, 0.6) is 11.5 Å². The summed E-state index contributed by atoms with van der Waals surface area (Å²) < 4.78 is 35.4. The van der Waals surface area contributed by atoms with Crippen LogP contribution >= 0.6 is 0 Å². The summed E-state index contributed by atoms with van der Waals surface area (Å²) in [5, 5.41) is 7.71. The number of aliphatic imine (C=N–C) groups is 1. The third kappa shape index (κ3) is 3.91. The lowest BCUT2D eigenvalue weighted by atomic mass is 10.2. The van der Waals surface area contributed by atoms with Gasteiger partial charge in [0.25, 0.3) is 5.96 Å². The lowest BCUT2D eigenvalue weighted by Gasteiger charge is -2.27. The maximum absolute atomic E-state index is 13.3. The molecule has 1 aromatic heterocycles. The highest BCUT2D eigenvalue weighted by atomic mass is 19.3. The van der Waals surface area contributed by atoms with Crippen molar-refractivity contribution in [2.24, 2.45) is 15.8 Å². The number of nitrogens with one attached hydrogen (secondary N) is 1. The summed E-state index contributed by atoms with van der Waals surface area (Å²) in [7, 11) is 0. The van der Waals surface area contributed by atoms with E-state index in [9.17, 15) is 13.6 Å². The Morgan fingerprint density at radius 2 is 1.84 bits per heavy atom. The number of hydrogen-bond donors (Lipinski definition) is 2. The zero-order valence-electron chi connectivity index (χ0n) is 17.1. The molecule has 0 radical (unpaired) electrons. The van der Waals surface area contributed by atoms with E-state index >= 15 is 0 Å². The Balaban J connectivity index is 1.71. The van der Waals surface area contributed by atoms with Crippen molar-refractivity contribution in [3.63, 3.8) is 0 Å². The molecule has 0 spiro atoms. The Morgan fingerprint density at radius 1 is 1.16 bits per heavy atom. The highest BCUT2D eigenvalue weighted by Gasteiger charge is 2.45. The molecule has 0 fully saturated rings. The first-order valence-corrected chi connectivity index (χ1v) is 9.58. The Hall–Kier alpha value is -3.60. The molecule has 3 heterocycles. The van der Waals surface area contributed by atoms with E-state index in [-0.39, 0.29) is 28.5 Å². The molecule has 1 aromatic carbocycles. The highest BCUT2D eigenvalue weighted by Crippen LogP contribution is 2.42. The molecule has 4 rings (SSSR count). The highest BCUT2D eigenvalue weighted by molar-refractivity contribution is 6.15. The average Bonchev–Trinajstić information content (AvgIpc) is 3.16. The summed E-state index contributed by atoms with van der Waals surface area (Å²) in [6.45, 7) is 6.12. The summed E-state index contributed by atoms with van der Waals surface area (Å²) in [6, 6.07) is 8.01. The van der Waals surface area contributed by atoms with Gasteiger partial charge in [-0.1, -0.05) is 0 Å². The molecule has 9 nitrogen and oxygen atoms in total. The van der Waals surface area contributed by atoms with Crippen LogP contribution in [0.25, 0.3) is 0 Å². The molecular formula is C20H21F2N6O3+. The van der Waals surface area contributed by atoms with Crippen LogP contribution < -0.4 is 25.1 Å². The fraction of sp³-hybridized carbons (Fsp3) is 0.300. The first kappa shape index (κ1) is 20.7. The van der Waals surface area contributed by atoms with Gasteiger partial charge in [0.05, 0.1) is 0 Å². The van der Waals surface area contributed by atoms with Crippen LogP contribution in [0.2, 0.25) is 0 Å². The summed E-state index contributed by atoms with van der Waals surface area (Å²) in [6.07, 6.45) is -3.81. The fourth-order valence-electron chi connectivity index (χ4n) is 3.65. The second kappa shape index (κ2) is 7.27. The number of carbonyl (C=O) groups is 1. The van der Waals surface area contributed by atoms with Crippen molar-refractivity contribution in [2.45, 2.75) is 33.5 Å². The van der Waals surface area contributed by atoms with Gasteiger partial charge in [0.15, 0.2) is 17.2 Å². The number of ether oxygens (including phenoxy) is 2. The molecule has 11 heteroatoms. The first-order chi connectivity index (χ1) is 14.6. The number of primary amides is 1. The predicted octanol–water partition coefficient (Wildman–Crippen LogP) is 3.02. The number of pyridine rings is 1. The van der Waals surface area contributed by atoms with Crippen molar-refractivity contribution in [1.82, 2.24) is 9.58 Å². The minimum atomic E-state index is -3.70. The van der Waals surface area contributed by atoms with Gasteiger partial charge in [0.1, 0.15) is 13.0 Å². The number of amidine groups is 1. The Bertz CT molecular complexity index is 1110. The number of nitrogens with two attached hydrogens (primary N) is 1. The third-order valence-electron chi connectivity index (χ3n) is 4.87. The zero-order chi connectivity index (χ0) is 22.4. The normalized spacial score (nSPS) is 20.9. The molecule has 3 N–H and O–H groups in total. The number of amides is 1. The topological polar surface area (TPSA) is 111 Å². The number of halogens is 2. The van der Waals surface area contributed by atoms with Gasteiger partial charge in [0, 0.05) is 35.3 Å². The molecule has 1 unspecified atom stereocenters. The fourth-order valence-corrected chi connectivity index (χ4v) is 3.65. The van der Waals surface area contributed by atoms with Crippen LogP contribution in [0.4, 0.5) is 20.2 Å². The van der Waals surface area contributed by atoms with E-state index in [1.165, 1.54) is 18.2 Å². The lowest BCUT2D eigenvalue weighted by Crippen LogP contribution is -2.49. The molecule has 0 aliphatic carbocycles. The van der Waals surface area contributed by atoms with Gasteiger partial charge in [-0.15, -0.1) is 13.4 Å². The van der Waals surface area contributed by atoms with Gasteiger partial charge >= 0.3 is 6.29 Å². The number of rotatable bonds is 5. The van der Waals surface area contributed by atoms with Gasteiger partial charge < -0.3 is 20.5 Å². The molecule has 0 saturated carbocycles. The molecule has 2 aromatic rings. The van der Waals surface area contributed by atoms with Crippen LogP contribution in [0.3, 0.4) is 0 Å². The SMILES string of the molecule is CC[N+]1(c2cc(C)nc(C)c2)N=C(Nc2ccc3c(c2)OC(F)(F)O3)N=C1CC(N)=O. The number of carbonyl (C=O) groups excluding carboxylic acids is 1. The number of anilines is 1. The van der Waals surface area contributed by atoms with Gasteiger partial charge in [-0.2, -0.15) is 4.99 Å². The lowest BCUT2D eigenvalue weighted by molar-refractivity contribution is -0.286. The van der Waals surface area contributed by atoms with Gasteiger partial charge in [-0.25, -0.2) is 0 Å². The predicted molar refractivity (Wildman–Crippen MR) is 111 cm³/mol.